The lowest BCUT2D eigenvalue weighted by Crippen LogP contribution is -2.19. The SMILES string of the molecule is CC(C)(C)C1=CC(c2ccc(C3COC(c4c(F)cccc4F)=N3)cc2)ON1. The molecule has 2 aliphatic heterocycles. The monoisotopic (exact) mass is 384 g/mol. The van der Waals surface area contributed by atoms with Crippen molar-refractivity contribution in [1.29, 1.82) is 0 Å². The maximum absolute atomic E-state index is 13.9. The van der Waals surface area contributed by atoms with Crippen LogP contribution in [0.5, 0.6) is 0 Å². The van der Waals surface area contributed by atoms with Crippen molar-refractivity contribution >= 4 is 5.90 Å². The molecule has 0 amide bonds. The van der Waals surface area contributed by atoms with Crippen LogP contribution in [-0.2, 0) is 9.57 Å². The Bertz CT molecular complexity index is 926. The molecule has 0 radical (unpaired) electrons. The van der Waals surface area contributed by atoms with E-state index in [0.717, 1.165) is 16.8 Å². The van der Waals surface area contributed by atoms with Gasteiger partial charge in [0.1, 0.15) is 36.0 Å². The van der Waals surface area contributed by atoms with E-state index in [0.29, 0.717) is 0 Å². The first-order valence-corrected chi connectivity index (χ1v) is 9.22. The lowest BCUT2D eigenvalue weighted by Gasteiger charge is -2.19. The van der Waals surface area contributed by atoms with E-state index in [-0.39, 0.29) is 35.6 Å². The Balaban J connectivity index is 1.53. The third-order valence-corrected chi connectivity index (χ3v) is 4.90. The van der Waals surface area contributed by atoms with Crippen LogP contribution in [0.3, 0.4) is 0 Å². The number of allylic oxidation sites excluding steroid dienone is 1. The van der Waals surface area contributed by atoms with Crippen LogP contribution in [0.15, 0.2) is 59.2 Å². The van der Waals surface area contributed by atoms with Gasteiger partial charge in [-0.3, -0.25) is 10.3 Å². The maximum atomic E-state index is 13.9. The molecule has 2 atom stereocenters. The van der Waals surface area contributed by atoms with Gasteiger partial charge in [0.15, 0.2) is 0 Å². The lowest BCUT2D eigenvalue weighted by molar-refractivity contribution is 0.0349. The van der Waals surface area contributed by atoms with Gasteiger partial charge in [-0.05, 0) is 29.3 Å². The highest BCUT2D eigenvalue weighted by Crippen LogP contribution is 2.34. The van der Waals surface area contributed by atoms with Gasteiger partial charge in [-0.1, -0.05) is 51.1 Å². The fraction of sp³-hybridized carbons (Fsp3) is 0.318. The van der Waals surface area contributed by atoms with Crippen LogP contribution >= 0.6 is 0 Å². The molecular formula is C22H22F2N2O2. The zero-order valence-corrected chi connectivity index (χ0v) is 16.0. The molecular weight excluding hydrogens is 362 g/mol. The maximum Gasteiger partial charge on any atom is 0.222 e. The van der Waals surface area contributed by atoms with E-state index in [2.05, 4.69) is 37.3 Å². The number of hydrogen-bond acceptors (Lipinski definition) is 4. The fourth-order valence-electron chi connectivity index (χ4n) is 3.21. The third-order valence-electron chi connectivity index (χ3n) is 4.90. The Morgan fingerprint density at radius 3 is 2.25 bits per heavy atom. The number of nitrogens with zero attached hydrogens (tertiary/aromatic N) is 1. The summed E-state index contributed by atoms with van der Waals surface area (Å²) in [4.78, 5) is 10.0. The molecule has 2 unspecified atom stereocenters. The molecule has 6 heteroatoms. The van der Waals surface area contributed by atoms with Crippen LogP contribution in [0.25, 0.3) is 0 Å². The Kier molecular flexibility index (Phi) is 4.67. The molecule has 2 heterocycles. The molecule has 146 valence electrons. The quantitative estimate of drug-likeness (QED) is 0.811. The predicted octanol–water partition coefficient (Wildman–Crippen LogP) is 4.99. The average molecular weight is 384 g/mol. The summed E-state index contributed by atoms with van der Waals surface area (Å²) in [5.41, 5.74) is 5.75. The van der Waals surface area contributed by atoms with E-state index < -0.39 is 11.6 Å². The van der Waals surface area contributed by atoms with E-state index in [4.69, 9.17) is 9.57 Å². The average Bonchev–Trinajstić information content (AvgIpc) is 3.32. The van der Waals surface area contributed by atoms with Gasteiger partial charge in [-0.15, -0.1) is 0 Å². The van der Waals surface area contributed by atoms with Crippen molar-refractivity contribution in [2.45, 2.75) is 32.9 Å². The predicted molar refractivity (Wildman–Crippen MR) is 103 cm³/mol. The molecule has 0 saturated heterocycles. The van der Waals surface area contributed by atoms with Crippen LogP contribution in [0.4, 0.5) is 8.78 Å². The summed E-state index contributed by atoms with van der Waals surface area (Å²) in [5.74, 6) is -1.35. The van der Waals surface area contributed by atoms with Gasteiger partial charge >= 0.3 is 0 Å². The summed E-state index contributed by atoms with van der Waals surface area (Å²) < 4.78 is 33.4. The fourth-order valence-corrected chi connectivity index (χ4v) is 3.21. The normalized spacial score (nSPS) is 21.8. The summed E-state index contributed by atoms with van der Waals surface area (Å²) in [5, 5.41) is 0. The summed E-state index contributed by atoms with van der Waals surface area (Å²) >= 11 is 0. The molecule has 4 rings (SSSR count). The van der Waals surface area contributed by atoms with Gasteiger partial charge in [0.05, 0.1) is 0 Å². The summed E-state index contributed by atoms with van der Waals surface area (Å²) in [6.07, 6.45) is 1.92. The van der Waals surface area contributed by atoms with Crippen molar-refractivity contribution in [3.8, 4) is 0 Å². The number of hydrogen-bond donors (Lipinski definition) is 1. The van der Waals surface area contributed by atoms with Crippen molar-refractivity contribution in [3.05, 3.63) is 82.6 Å². The number of halogens is 2. The third kappa shape index (κ3) is 3.52. The minimum Gasteiger partial charge on any atom is -0.475 e. The van der Waals surface area contributed by atoms with E-state index in [1.54, 1.807) is 0 Å². The first-order chi connectivity index (χ1) is 13.3. The van der Waals surface area contributed by atoms with Crippen LogP contribution < -0.4 is 5.48 Å². The van der Waals surface area contributed by atoms with E-state index in [1.165, 1.54) is 18.2 Å². The number of benzene rings is 2. The summed E-state index contributed by atoms with van der Waals surface area (Å²) in [6, 6.07) is 11.2. The molecule has 2 aromatic carbocycles. The van der Waals surface area contributed by atoms with Crippen molar-refractivity contribution in [1.82, 2.24) is 5.48 Å². The highest BCUT2D eigenvalue weighted by Gasteiger charge is 2.28. The van der Waals surface area contributed by atoms with Gasteiger partial charge in [0.25, 0.3) is 0 Å². The Morgan fingerprint density at radius 2 is 1.64 bits per heavy atom. The Hall–Kier alpha value is -2.73. The standard InChI is InChI=1S/C22H22F2N2O2/c1-22(2,3)19-11-18(28-26-19)14-9-7-13(8-10-14)17-12-27-21(25-17)20-15(23)5-4-6-16(20)24/h4-11,17-18,26H,12H2,1-3H3. The minimum absolute atomic E-state index is 0.00533. The second kappa shape index (κ2) is 7.02. The van der Waals surface area contributed by atoms with Gasteiger partial charge < -0.3 is 4.74 Å². The van der Waals surface area contributed by atoms with Gasteiger partial charge in [0, 0.05) is 11.1 Å². The molecule has 0 fully saturated rings. The number of aliphatic imine (C=N–C) groups is 1. The van der Waals surface area contributed by atoms with Crippen molar-refractivity contribution < 1.29 is 18.4 Å². The van der Waals surface area contributed by atoms with Crippen molar-refractivity contribution in [3.63, 3.8) is 0 Å². The van der Waals surface area contributed by atoms with E-state index in [9.17, 15) is 8.78 Å². The second-order valence-electron chi connectivity index (χ2n) is 8.00. The van der Waals surface area contributed by atoms with Crippen LogP contribution in [0, 0.1) is 17.0 Å². The van der Waals surface area contributed by atoms with E-state index >= 15 is 0 Å². The Morgan fingerprint density at radius 1 is 1.00 bits per heavy atom. The lowest BCUT2D eigenvalue weighted by atomic mass is 9.91. The largest absolute Gasteiger partial charge is 0.475 e. The number of rotatable bonds is 3. The molecule has 0 aliphatic carbocycles. The topological polar surface area (TPSA) is 42.9 Å². The molecule has 0 bridgehead atoms. The molecule has 0 saturated carbocycles. The molecule has 0 spiro atoms. The van der Waals surface area contributed by atoms with Crippen molar-refractivity contribution in [2.24, 2.45) is 10.4 Å². The van der Waals surface area contributed by atoms with Gasteiger partial charge in [-0.2, -0.15) is 0 Å². The van der Waals surface area contributed by atoms with Crippen LogP contribution in [0.2, 0.25) is 0 Å². The second-order valence-corrected chi connectivity index (χ2v) is 8.00. The number of nitrogens with one attached hydrogen (secondary N) is 1. The number of hydroxylamine groups is 1. The first kappa shape index (κ1) is 18.6. The molecule has 0 aromatic heterocycles. The molecule has 1 N–H and O–H groups in total. The van der Waals surface area contributed by atoms with Gasteiger partial charge in [0.2, 0.25) is 5.90 Å². The van der Waals surface area contributed by atoms with Crippen molar-refractivity contribution in [2.75, 3.05) is 6.61 Å². The van der Waals surface area contributed by atoms with Crippen LogP contribution in [0.1, 0.15) is 49.6 Å². The summed E-state index contributed by atoms with van der Waals surface area (Å²) in [6.45, 7) is 6.61. The van der Waals surface area contributed by atoms with E-state index in [1.807, 2.05) is 24.3 Å². The summed E-state index contributed by atoms with van der Waals surface area (Å²) in [7, 11) is 0. The number of ether oxygens (including phenoxy) is 1. The highest BCUT2D eigenvalue weighted by molar-refractivity contribution is 5.95. The molecule has 2 aliphatic rings. The molecule has 2 aromatic rings. The zero-order valence-electron chi connectivity index (χ0n) is 16.0. The van der Waals surface area contributed by atoms with Crippen LogP contribution in [-0.4, -0.2) is 12.5 Å². The Labute approximate surface area is 162 Å². The minimum atomic E-state index is -0.679. The molecule has 4 nitrogen and oxygen atoms in total. The molecule has 28 heavy (non-hydrogen) atoms. The first-order valence-electron chi connectivity index (χ1n) is 9.22. The smallest absolute Gasteiger partial charge is 0.222 e. The zero-order chi connectivity index (χ0) is 19.9. The highest BCUT2D eigenvalue weighted by atomic mass is 19.1. The van der Waals surface area contributed by atoms with Gasteiger partial charge in [-0.25, -0.2) is 13.8 Å².